The minimum absolute atomic E-state index is 0.0712. The average molecular weight is 343 g/mol. The number of hydrogen-bond acceptors (Lipinski definition) is 5. The zero-order valence-electron chi connectivity index (χ0n) is 12.4. The van der Waals surface area contributed by atoms with Crippen molar-refractivity contribution in [1.82, 2.24) is 4.98 Å². The summed E-state index contributed by atoms with van der Waals surface area (Å²) in [7, 11) is 0. The summed E-state index contributed by atoms with van der Waals surface area (Å²) in [5.74, 6) is -0.0712. The molecule has 2 heterocycles. The molecule has 7 heteroatoms. The highest BCUT2D eigenvalue weighted by Crippen LogP contribution is 2.43. The van der Waals surface area contributed by atoms with Crippen molar-refractivity contribution in [3.8, 4) is 0 Å². The molecule has 1 aliphatic heterocycles. The van der Waals surface area contributed by atoms with Gasteiger partial charge < -0.3 is 20.3 Å². The van der Waals surface area contributed by atoms with E-state index in [9.17, 15) is 10.0 Å². The van der Waals surface area contributed by atoms with Gasteiger partial charge in [0.05, 0.1) is 5.69 Å². The summed E-state index contributed by atoms with van der Waals surface area (Å²) in [4.78, 5) is 17.3. The SMILES string of the molecule is O=C1C(Cl)N(c2ccc(N([O-])O)cc2)C1c1c[nH]c2ccccc12. The number of para-hydroxylation sites is 1. The summed E-state index contributed by atoms with van der Waals surface area (Å²) in [5, 5.41) is 20.6. The first-order chi connectivity index (χ1) is 11.6. The Morgan fingerprint density at radius 2 is 1.88 bits per heavy atom. The number of aromatic nitrogens is 1. The fourth-order valence-corrected chi connectivity index (χ4v) is 3.45. The third-order valence-electron chi connectivity index (χ3n) is 4.31. The van der Waals surface area contributed by atoms with E-state index in [0.717, 1.165) is 16.5 Å². The Balaban J connectivity index is 1.73. The molecule has 6 nitrogen and oxygen atoms in total. The lowest BCUT2D eigenvalue weighted by Crippen LogP contribution is -2.56. The second-order valence-electron chi connectivity index (χ2n) is 5.63. The molecule has 1 saturated heterocycles. The maximum absolute atomic E-state index is 12.4. The molecule has 2 atom stereocenters. The van der Waals surface area contributed by atoms with Gasteiger partial charge in [-0.3, -0.25) is 10.0 Å². The number of alkyl halides is 1. The van der Waals surface area contributed by atoms with Crippen LogP contribution in [0.3, 0.4) is 0 Å². The third kappa shape index (κ3) is 2.16. The van der Waals surface area contributed by atoms with Crippen molar-refractivity contribution in [3.63, 3.8) is 0 Å². The first kappa shape index (κ1) is 15.0. The van der Waals surface area contributed by atoms with E-state index in [1.807, 2.05) is 30.5 Å². The highest BCUT2D eigenvalue weighted by atomic mass is 35.5. The number of nitrogens with one attached hydrogen (secondary N) is 1. The van der Waals surface area contributed by atoms with Crippen molar-refractivity contribution in [2.45, 2.75) is 11.5 Å². The van der Waals surface area contributed by atoms with Crippen molar-refractivity contribution in [3.05, 3.63) is 65.5 Å². The highest BCUT2D eigenvalue weighted by molar-refractivity contribution is 6.37. The Hall–Kier alpha value is -2.54. The Kier molecular flexibility index (Phi) is 3.45. The molecular weight excluding hydrogens is 330 g/mol. The summed E-state index contributed by atoms with van der Waals surface area (Å²) in [6.07, 6.45) is 1.82. The second-order valence-corrected chi connectivity index (χ2v) is 6.04. The number of halogens is 1. The highest BCUT2D eigenvalue weighted by Gasteiger charge is 2.48. The maximum Gasteiger partial charge on any atom is 0.197 e. The number of Topliss-reactive ketones (excluding diaryl/α,β-unsaturated/α-hetero) is 1. The largest absolute Gasteiger partial charge is 0.733 e. The monoisotopic (exact) mass is 342 g/mol. The molecule has 2 unspecified atom stereocenters. The molecule has 24 heavy (non-hydrogen) atoms. The molecule has 0 saturated carbocycles. The van der Waals surface area contributed by atoms with E-state index in [1.54, 1.807) is 17.0 Å². The van der Waals surface area contributed by atoms with E-state index in [4.69, 9.17) is 16.8 Å². The van der Waals surface area contributed by atoms with Crippen molar-refractivity contribution in [2.24, 2.45) is 0 Å². The molecule has 1 aromatic heterocycles. The Labute approximate surface area is 142 Å². The second kappa shape index (κ2) is 5.52. The van der Waals surface area contributed by atoms with Gasteiger partial charge in [-0.2, -0.15) is 0 Å². The van der Waals surface area contributed by atoms with Crippen LogP contribution in [0.25, 0.3) is 10.9 Å². The van der Waals surface area contributed by atoms with Gasteiger partial charge in [0.2, 0.25) is 0 Å². The van der Waals surface area contributed by atoms with Crippen LogP contribution in [0, 0.1) is 5.21 Å². The number of ketones is 1. The molecule has 0 spiro atoms. The number of rotatable bonds is 3. The lowest BCUT2D eigenvalue weighted by Gasteiger charge is -2.45. The Morgan fingerprint density at radius 1 is 1.17 bits per heavy atom. The summed E-state index contributed by atoms with van der Waals surface area (Å²) in [5.41, 5.74) is 1.88. The van der Waals surface area contributed by atoms with E-state index in [2.05, 4.69) is 4.98 Å². The first-order valence-electron chi connectivity index (χ1n) is 7.36. The van der Waals surface area contributed by atoms with Gasteiger partial charge in [-0.15, -0.1) is 0 Å². The summed E-state index contributed by atoms with van der Waals surface area (Å²) >= 11 is 6.21. The number of benzene rings is 2. The van der Waals surface area contributed by atoms with Crippen LogP contribution in [-0.2, 0) is 4.79 Å². The van der Waals surface area contributed by atoms with Gasteiger partial charge in [0.1, 0.15) is 6.04 Å². The topological polar surface area (TPSA) is 82.6 Å². The molecule has 0 aliphatic carbocycles. The molecule has 0 bridgehead atoms. The maximum atomic E-state index is 12.4. The number of aromatic amines is 1. The number of anilines is 2. The van der Waals surface area contributed by atoms with Crippen molar-refractivity contribution >= 4 is 39.7 Å². The summed E-state index contributed by atoms with van der Waals surface area (Å²) in [6.45, 7) is 0. The standard InChI is InChI=1S/C17H13ClN3O3/c18-17-16(22)15(13-9-19-14-4-2-1-3-12(13)14)20(17)10-5-7-11(8-6-10)21(23)24/h1-9,15,17,19,23H/q-1. The van der Waals surface area contributed by atoms with E-state index in [1.165, 1.54) is 12.1 Å². The number of carbonyl (C=O) groups excluding carboxylic acids is 1. The lowest BCUT2D eigenvalue weighted by molar-refractivity contribution is -0.124. The van der Waals surface area contributed by atoms with Crippen LogP contribution >= 0.6 is 11.6 Å². The van der Waals surface area contributed by atoms with Crippen LogP contribution in [0.1, 0.15) is 11.6 Å². The van der Waals surface area contributed by atoms with Crippen LogP contribution in [0.15, 0.2) is 54.7 Å². The molecule has 3 aromatic rings. The van der Waals surface area contributed by atoms with Crippen LogP contribution in [0.5, 0.6) is 0 Å². The molecule has 2 N–H and O–H groups in total. The zero-order valence-corrected chi connectivity index (χ0v) is 13.1. The minimum Gasteiger partial charge on any atom is -0.733 e. The van der Waals surface area contributed by atoms with Gasteiger partial charge in [-0.1, -0.05) is 29.8 Å². The number of fused-ring (bicyclic) bond motifs is 1. The number of nitrogens with zero attached hydrogens (tertiary/aromatic N) is 2. The molecule has 1 aliphatic rings. The van der Waals surface area contributed by atoms with Crippen LogP contribution in [0.2, 0.25) is 0 Å². The Bertz CT molecular complexity index is 907. The van der Waals surface area contributed by atoms with Gasteiger partial charge in [0.25, 0.3) is 0 Å². The number of H-pyrrole nitrogens is 1. The average Bonchev–Trinajstić information content (AvgIpc) is 3.02. The molecule has 4 rings (SSSR count). The Morgan fingerprint density at radius 3 is 2.58 bits per heavy atom. The van der Waals surface area contributed by atoms with Gasteiger partial charge in [0, 0.05) is 28.4 Å². The van der Waals surface area contributed by atoms with Gasteiger partial charge in [0.15, 0.2) is 11.3 Å². The van der Waals surface area contributed by atoms with E-state index in [-0.39, 0.29) is 16.7 Å². The lowest BCUT2D eigenvalue weighted by atomic mass is 9.91. The normalized spacial score (nSPS) is 20.3. The molecule has 0 radical (unpaired) electrons. The molecule has 122 valence electrons. The summed E-state index contributed by atoms with van der Waals surface area (Å²) < 4.78 is 0. The van der Waals surface area contributed by atoms with Crippen LogP contribution in [-0.4, -0.2) is 21.5 Å². The fraction of sp³-hybridized carbons (Fsp3) is 0.118. The molecule has 0 amide bonds. The third-order valence-corrected chi connectivity index (χ3v) is 4.74. The van der Waals surface area contributed by atoms with Crippen molar-refractivity contribution < 1.29 is 10.0 Å². The van der Waals surface area contributed by atoms with E-state index in [0.29, 0.717) is 5.69 Å². The quantitative estimate of drug-likeness (QED) is 0.432. The molecule has 2 aromatic carbocycles. The van der Waals surface area contributed by atoms with E-state index >= 15 is 0 Å². The fourth-order valence-electron chi connectivity index (χ4n) is 3.11. The van der Waals surface area contributed by atoms with Crippen molar-refractivity contribution in [1.29, 1.82) is 0 Å². The zero-order chi connectivity index (χ0) is 16.8. The molecular formula is C17H13ClN3O3-. The summed E-state index contributed by atoms with van der Waals surface area (Å²) in [6, 6.07) is 13.5. The van der Waals surface area contributed by atoms with Gasteiger partial charge in [-0.25, -0.2) is 0 Å². The number of carbonyl (C=O) groups is 1. The molecule has 1 fully saturated rings. The smallest absolute Gasteiger partial charge is 0.197 e. The predicted octanol–water partition coefficient (Wildman–Crippen LogP) is 3.56. The van der Waals surface area contributed by atoms with Crippen LogP contribution in [0.4, 0.5) is 11.4 Å². The first-order valence-corrected chi connectivity index (χ1v) is 7.80. The van der Waals surface area contributed by atoms with E-state index < -0.39 is 11.5 Å². The predicted molar refractivity (Wildman–Crippen MR) is 92.2 cm³/mol. The van der Waals surface area contributed by atoms with Gasteiger partial charge in [-0.05, 0) is 30.3 Å². The van der Waals surface area contributed by atoms with Gasteiger partial charge >= 0.3 is 0 Å². The van der Waals surface area contributed by atoms with Crippen molar-refractivity contribution in [2.75, 3.05) is 10.1 Å². The van der Waals surface area contributed by atoms with Crippen LogP contribution < -0.4 is 10.1 Å². The number of hydrogen-bond donors (Lipinski definition) is 2. The minimum atomic E-state index is -0.757.